The van der Waals surface area contributed by atoms with Crippen molar-refractivity contribution in [3.63, 3.8) is 0 Å². The number of hydrogen-bond acceptors (Lipinski definition) is 3. The molecular formula is C24H26FN3O. The van der Waals surface area contributed by atoms with Crippen LogP contribution in [0.2, 0.25) is 0 Å². The van der Waals surface area contributed by atoms with E-state index in [1.165, 1.54) is 6.07 Å². The Hall–Kier alpha value is -2.97. The minimum atomic E-state index is -0.230. The lowest BCUT2D eigenvalue weighted by Crippen LogP contribution is -2.44. The highest BCUT2D eigenvalue weighted by molar-refractivity contribution is 5.79. The molecule has 1 aliphatic heterocycles. The molecule has 1 aliphatic rings. The largest absolute Gasteiger partial charge is 0.334 e. The molecule has 0 aromatic heterocycles. The number of carbonyl (C=O) groups is 1. The van der Waals surface area contributed by atoms with E-state index in [-0.39, 0.29) is 17.6 Å². The van der Waals surface area contributed by atoms with Crippen LogP contribution in [0.25, 0.3) is 0 Å². The average molecular weight is 391 g/mol. The highest BCUT2D eigenvalue weighted by Gasteiger charge is 2.29. The first-order valence-electron chi connectivity index (χ1n) is 9.94. The van der Waals surface area contributed by atoms with E-state index in [2.05, 4.69) is 17.5 Å². The van der Waals surface area contributed by atoms with Crippen LogP contribution in [-0.2, 0) is 17.9 Å². The monoisotopic (exact) mass is 391 g/mol. The summed E-state index contributed by atoms with van der Waals surface area (Å²) in [6.07, 6.45) is 3.55. The van der Waals surface area contributed by atoms with Gasteiger partial charge in [-0.05, 0) is 54.8 Å². The van der Waals surface area contributed by atoms with Crippen molar-refractivity contribution >= 4 is 5.91 Å². The molecule has 1 fully saturated rings. The number of carbonyl (C=O) groups excluding carboxylic acids is 1. The van der Waals surface area contributed by atoms with Gasteiger partial charge in [0, 0.05) is 26.2 Å². The van der Waals surface area contributed by atoms with Crippen LogP contribution < -0.4 is 0 Å². The quantitative estimate of drug-likeness (QED) is 0.667. The highest BCUT2D eigenvalue weighted by Crippen LogP contribution is 2.22. The van der Waals surface area contributed by atoms with Crippen LogP contribution in [0.1, 0.15) is 29.5 Å². The number of nitrogens with zero attached hydrogens (tertiary/aromatic N) is 3. The lowest BCUT2D eigenvalue weighted by Gasteiger charge is -2.35. The number of piperidine rings is 1. The van der Waals surface area contributed by atoms with Gasteiger partial charge >= 0.3 is 0 Å². The van der Waals surface area contributed by atoms with Crippen molar-refractivity contribution in [1.29, 1.82) is 5.26 Å². The highest BCUT2D eigenvalue weighted by atomic mass is 19.1. The molecule has 1 heterocycles. The molecule has 0 aliphatic carbocycles. The SMILES string of the molecule is C=CCN(Cc1ccc(C#N)cc1)C(=O)C1CCCN(Cc2cccc(F)c2)C1. The first-order valence-corrected chi connectivity index (χ1v) is 9.94. The molecule has 29 heavy (non-hydrogen) atoms. The third kappa shape index (κ3) is 5.75. The summed E-state index contributed by atoms with van der Waals surface area (Å²) < 4.78 is 13.5. The fourth-order valence-electron chi connectivity index (χ4n) is 3.85. The van der Waals surface area contributed by atoms with Crippen LogP contribution in [0.3, 0.4) is 0 Å². The average Bonchev–Trinajstić information content (AvgIpc) is 2.74. The maximum Gasteiger partial charge on any atom is 0.227 e. The molecule has 150 valence electrons. The summed E-state index contributed by atoms with van der Waals surface area (Å²) in [5, 5.41) is 8.95. The van der Waals surface area contributed by atoms with Gasteiger partial charge in [0.25, 0.3) is 0 Å². The summed E-state index contributed by atoms with van der Waals surface area (Å²) in [5.74, 6) is -0.180. The van der Waals surface area contributed by atoms with E-state index in [4.69, 9.17) is 5.26 Å². The van der Waals surface area contributed by atoms with E-state index in [1.807, 2.05) is 23.1 Å². The van der Waals surface area contributed by atoms with Crippen LogP contribution in [0.15, 0.2) is 61.2 Å². The van der Waals surface area contributed by atoms with Crippen molar-refractivity contribution in [3.8, 4) is 6.07 Å². The fraction of sp³-hybridized carbons (Fsp3) is 0.333. The Balaban J connectivity index is 1.65. The Morgan fingerprint density at radius 3 is 2.76 bits per heavy atom. The van der Waals surface area contributed by atoms with E-state index in [0.29, 0.717) is 31.7 Å². The number of rotatable bonds is 7. The van der Waals surface area contributed by atoms with Gasteiger partial charge in [0.15, 0.2) is 0 Å². The van der Waals surface area contributed by atoms with Gasteiger partial charge in [-0.1, -0.05) is 30.3 Å². The van der Waals surface area contributed by atoms with Crippen molar-refractivity contribution in [3.05, 3.63) is 83.7 Å². The van der Waals surface area contributed by atoms with Crippen LogP contribution in [0, 0.1) is 23.1 Å². The van der Waals surface area contributed by atoms with E-state index in [9.17, 15) is 9.18 Å². The summed E-state index contributed by atoms with van der Waals surface area (Å²) >= 11 is 0. The molecule has 0 spiro atoms. The molecule has 0 N–H and O–H groups in total. The third-order valence-electron chi connectivity index (χ3n) is 5.27. The van der Waals surface area contributed by atoms with Crippen molar-refractivity contribution in [1.82, 2.24) is 9.80 Å². The number of hydrogen-bond donors (Lipinski definition) is 0. The van der Waals surface area contributed by atoms with Gasteiger partial charge in [0.2, 0.25) is 5.91 Å². The van der Waals surface area contributed by atoms with Crippen LogP contribution in [-0.4, -0.2) is 35.3 Å². The van der Waals surface area contributed by atoms with Crippen LogP contribution in [0.4, 0.5) is 4.39 Å². The predicted molar refractivity (Wildman–Crippen MR) is 111 cm³/mol. The van der Waals surface area contributed by atoms with Gasteiger partial charge in [-0.2, -0.15) is 5.26 Å². The summed E-state index contributed by atoms with van der Waals surface area (Å²) in [4.78, 5) is 17.3. The molecule has 1 saturated heterocycles. The number of halogens is 1. The molecule has 2 aromatic rings. The van der Waals surface area contributed by atoms with Gasteiger partial charge in [-0.15, -0.1) is 6.58 Å². The molecule has 1 atom stereocenters. The molecule has 0 radical (unpaired) electrons. The third-order valence-corrected chi connectivity index (χ3v) is 5.27. The van der Waals surface area contributed by atoms with Crippen LogP contribution >= 0.6 is 0 Å². The Kier molecular flexibility index (Phi) is 7.15. The first kappa shape index (κ1) is 20.8. The Morgan fingerprint density at radius 2 is 2.07 bits per heavy atom. The van der Waals surface area contributed by atoms with E-state index in [0.717, 1.165) is 30.5 Å². The molecule has 1 unspecified atom stereocenters. The number of nitriles is 1. The Labute approximate surface area is 171 Å². The summed E-state index contributed by atoms with van der Waals surface area (Å²) in [6.45, 7) is 7.02. The summed E-state index contributed by atoms with van der Waals surface area (Å²) in [6, 6.07) is 16.1. The van der Waals surface area contributed by atoms with E-state index in [1.54, 1.807) is 30.3 Å². The van der Waals surface area contributed by atoms with Gasteiger partial charge in [-0.3, -0.25) is 9.69 Å². The van der Waals surface area contributed by atoms with Gasteiger partial charge in [-0.25, -0.2) is 4.39 Å². The summed E-state index contributed by atoms with van der Waals surface area (Å²) in [7, 11) is 0. The molecule has 3 rings (SSSR count). The Morgan fingerprint density at radius 1 is 1.28 bits per heavy atom. The normalized spacial score (nSPS) is 16.8. The van der Waals surface area contributed by atoms with Crippen molar-refractivity contribution in [2.75, 3.05) is 19.6 Å². The van der Waals surface area contributed by atoms with Crippen LogP contribution in [0.5, 0.6) is 0 Å². The smallest absolute Gasteiger partial charge is 0.227 e. The summed E-state index contributed by atoms with van der Waals surface area (Å²) in [5.41, 5.74) is 2.53. The lowest BCUT2D eigenvalue weighted by molar-refractivity contribution is -0.137. The molecular weight excluding hydrogens is 365 g/mol. The molecule has 0 saturated carbocycles. The second-order valence-electron chi connectivity index (χ2n) is 7.52. The maximum absolute atomic E-state index is 13.5. The zero-order chi connectivity index (χ0) is 20.6. The minimum absolute atomic E-state index is 0.0735. The molecule has 1 amide bonds. The van der Waals surface area contributed by atoms with Gasteiger partial charge < -0.3 is 4.90 Å². The van der Waals surface area contributed by atoms with E-state index < -0.39 is 0 Å². The van der Waals surface area contributed by atoms with Crippen molar-refractivity contribution < 1.29 is 9.18 Å². The molecule has 2 aromatic carbocycles. The lowest BCUT2D eigenvalue weighted by atomic mass is 9.95. The van der Waals surface area contributed by atoms with Crippen molar-refractivity contribution in [2.24, 2.45) is 5.92 Å². The number of benzene rings is 2. The second kappa shape index (κ2) is 9.99. The zero-order valence-corrected chi connectivity index (χ0v) is 16.6. The maximum atomic E-state index is 13.5. The molecule has 4 nitrogen and oxygen atoms in total. The zero-order valence-electron chi connectivity index (χ0n) is 16.6. The number of likely N-dealkylation sites (tertiary alicyclic amines) is 1. The standard InChI is InChI=1S/C24H26FN3O/c1-2-12-28(17-20-10-8-19(15-26)9-11-20)24(29)22-6-4-13-27(18-22)16-21-5-3-7-23(25)14-21/h2-3,5,7-11,14,22H,1,4,6,12-13,16-18H2. The van der Waals surface area contributed by atoms with Gasteiger partial charge in [0.1, 0.15) is 5.82 Å². The predicted octanol–water partition coefficient (Wildman–Crippen LogP) is 4.12. The Bertz CT molecular complexity index is 888. The fourth-order valence-corrected chi connectivity index (χ4v) is 3.85. The number of amides is 1. The second-order valence-corrected chi connectivity index (χ2v) is 7.52. The first-order chi connectivity index (χ1) is 14.1. The topological polar surface area (TPSA) is 47.3 Å². The van der Waals surface area contributed by atoms with Gasteiger partial charge in [0.05, 0.1) is 17.6 Å². The van der Waals surface area contributed by atoms with E-state index >= 15 is 0 Å². The molecule has 5 heteroatoms. The van der Waals surface area contributed by atoms with Crippen molar-refractivity contribution in [2.45, 2.75) is 25.9 Å². The molecule has 0 bridgehead atoms. The minimum Gasteiger partial charge on any atom is -0.334 e.